The fourth-order valence-electron chi connectivity index (χ4n) is 5.12. The molecule has 4 aliphatic rings. The van der Waals surface area contributed by atoms with Gasteiger partial charge in [-0.15, -0.1) is 0 Å². The van der Waals surface area contributed by atoms with Crippen LogP contribution in [0.25, 0.3) is 0 Å². The van der Waals surface area contributed by atoms with Crippen molar-refractivity contribution >= 4 is 38.9 Å². The molecule has 1 aromatic heterocycles. The van der Waals surface area contributed by atoms with Crippen LogP contribution in [0.2, 0.25) is 5.02 Å². The zero-order chi connectivity index (χ0) is 20.9. The monoisotopic (exact) mass is 445 g/mol. The first-order chi connectivity index (χ1) is 14.4. The third-order valence-electron chi connectivity index (χ3n) is 6.65. The molecule has 3 aliphatic carbocycles. The number of aromatic nitrogens is 1. The number of hydrogen-bond acceptors (Lipinski definition) is 5. The number of anilines is 2. The van der Waals surface area contributed by atoms with E-state index < -0.39 is 9.84 Å². The number of sulfone groups is 1. The maximum atomic E-state index is 13.3. The minimum Gasteiger partial charge on any atom is -0.340 e. The summed E-state index contributed by atoms with van der Waals surface area (Å²) in [7, 11) is -3.03. The van der Waals surface area contributed by atoms with Crippen molar-refractivity contribution in [2.24, 2.45) is 0 Å². The summed E-state index contributed by atoms with van der Waals surface area (Å²) in [6.45, 7) is 0.513. The van der Waals surface area contributed by atoms with E-state index in [0.717, 1.165) is 48.3 Å². The van der Waals surface area contributed by atoms with Crippen LogP contribution in [-0.2, 0) is 9.84 Å². The fraction of sp³-hybridized carbons (Fsp3) is 0.455. The van der Waals surface area contributed by atoms with Crippen molar-refractivity contribution in [3.05, 3.63) is 52.2 Å². The Morgan fingerprint density at radius 3 is 2.40 bits per heavy atom. The molecule has 0 unspecified atom stereocenters. The summed E-state index contributed by atoms with van der Waals surface area (Å²) in [5, 5.41) is 4.07. The van der Waals surface area contributed by atoms with E-state index in [-0.39, 0.29) is 30.5 Å². The van der Waals surface area contributed by atoms with Gasteiger partial charge >= 0.3 is 0 Å². The van der Waals surface area contributed by atoms with E-state index in [1.54, 1.807) is 11.1 Å². The second kappa shape index (κ2) is 7.54. The highest BCUT2D eigenvalue weighted by Crippen LogP contribution is 2.52. The van der Waals surface area contributed by atoms with Crippen LogP contribution in [0.3, 0.4) is 0 Å². The van der Waals surface area contributed by atoms with Crippen LogP contribution in [0.4, 0.5) is 11.5 Å². The van der Waals surface area contributed by atoms with Gasteiger partial charge in [-0.2, -0.15) is 0 Å². The van der Waals surface area contributed by atoms with Gasteiger partial charge in [0.05, 0.1) is 17.1 Å². The molecular formula is C22H24ClN3O3S. The lowest BCUT2D eigenvalue weighted by molar-refractivity contribution is 0.0767. The van der Waals surface area contributed by atoms with E-state index in [0.29, 0.717) is 22.4 Å². The third-order valence-corrected chi connectivity index (χ3v) is 8.50. The summed E-state index contributed by atoms with van der Waals surface area (Å²) in [5.41, 5.74) is 3.80. The second-order valence-electron chi connectivity index (χ2n) is 8.48. The Bertz CT molecular complexity index is 1100. The maximum Gasteiger partial charge on any atom is 0.255 e. The number of benzene rings is 1. The Balaban J connectivity index is 1.52. The Morgan fingerprint density at radius 1 is 1.07 bits per heavy atom. The Kier molecular flexibility index (Phi) is 4.98. The quantitative estimate of drug-likeness (QED) is 0.769. The summed E-state index contributed by atoms with van der Waals surface area (Å²) in [4.78, 5) is 19.7. The van der Waals surface area contributed by atoms with Crippen molar-refractivity contribution in [3.8, 4) is 0 Å². The van der Waals surface area contributed by atoms with Gasteiger partial charge in [0.2, 0.25) is 0 Å². The van der Waals surface area contributed by atoms with Gasteiger partial charge < -0.3 is 10.2 Å². The van der Waals surface area contributed by atoms with E-state index in [1.165, 1.54) is 0 Å². The number of hydrogen-bond donors (Lipinski definition) is 1. The minimum absolute atomic E-state index is 0.0365. The summed E-state index contributed by atoms with van der Waals surface area (Å²) >= 11 is 6.14. The lowest BCUT2D eigenvalue weighted by Gasteiger charge is -2.40. The lowest BCUT2D eigenvalue weighted by atomic mass is 9.66. The lowest BCUT2D eigenvalue weighted by Crippen LogP contribution is -2.44. The number of amides is 1. The number of fused-ring (bicyclic) bond motifs is 2. The predicted molar refractivity (Wildman–Crippen MR) is 117 cm³/mol. The van der Waals surface area contributed by atoms with Crippen LogP contribution in [0.15, 0.2) is 30.5 Å². The summed E-state index contributed by atoms with van der Waals surface area (Å²) in [6, 6.07) is 7.54. The van der Waals surface area contributed by atoms with Crippen molar-refractivity contribution in [2.45, 2.75) is 37.5 Å². The van der Waals surface area contributed by atoms with Gasteiger partial charge in [-0.25, -0.2) is 13.4 Å². The smallest absolute Gasteiger partial charge is 0.255 e. The van der Waals surface area contributed by atoms with Gasteiger partial charge in [0.25, 0.3) is 5.91 Å². The molecule has 2 heterocycles. The molecule has 30 heavy (non-hydrogen) atoms. The molecular weight excluding hydrogens is 422 g/mol. The number of pyridine rings is 1. The molecule has 2 fully saturated rings. The second-order valence-corrected chi connectivity index (χ2v) is 11.2. The molecule has 2 bridgehead atoms. The van der Waals surface area contributed by atoms with Gasteiger partial charge in [0.1, 0.15) is 5.82 Å². The summed E-state index contributed by atoms with van der Waals surface area (Å²) < 4.78 is 23.5. The van der Waals surface area contributed by atoms with Crippen LogP contribution < -0.4 is 5.32 Å². The Morgan fingerprint density at radius 2 is 1.73 bits per heavy atom. The summed E-state index contributed by atoms with van der Waals surface area (Å²) in [5.74, 6) is 1.55. The van der Waals surface area contributed by atoms with Crippen LogP contribution in [0.5, 0.6) is 0 Å². The van der Waals surface area contributed by atoms with E-state index in [9.17, 15) is 13.2 Å². The first kappa shape index (κ1) is 19.8. The molecule has 1 N–H and O–H groups in total. The molecule has 0 atom stereocenters. The van der Waals surface area contributed by atoms with Gasteiger partial charge in [-0.1, -0.05) is 17.7 Å². The number of rotatable bonds is 3. The highest BCUT2D eigenvalue weighted by molar-refractivity contribution is 7.91. The minimum atomic E-state index is -3.03. The molecule has 2 aromatic rings. The van der Waals surface area contributed by atoms with Crippen LogP contribution >= 0.6 is 11.6 Å². The topological polar surface area (TPSA) is 79.4 Å². The molecule has 1 aromatic carbocycles. The van der Waals surface area contributed by atoms with E-state index in [4.69, 9.17) is 11.6 Å². The number of halogens is 1. The van der Waals surface area contributed by atoms with Crippen molar-refractivity contribution in [3.63, 3.8) is 0 Å². The van der Waals surface area contributed by atoms with E-state index in [2.05, 4.69) is 10.3 Å². The predicted octanol–water partition coefficient (Wildman–Crippen LogP) is 4.10. The SMILES string of the molecule is O=C(c1cnc(Nc2cccc(Cl)c2)c2c1C1CCC2CC1)N1CCS(=O)(=O)CC1. The first-order valence-corrected chi connectivity index (χ1v) is 12.7. The molecule has 0 radical (unpaired) electrons. The molecule has 1 amide bonds. The van der Waals surface area contributed by atoms with Crippen LogP contribution in [0, 0.1) is 0 Å². The molecule has 1 saturated carbocycles. The van der Waals surface area contributed by atoms with Gasteiger partial charge in [0, 0.05) is 35.6 Å². The molecule has 6 rings (SSSR count). The van der Waals surface area contributed by atoms with Crippen molar-refractivity contribution in [2.75, 3.05) is 29.9 Å². The van der Waals surface area contributed by atoms with Gasteiger partial charge in [-0.3, -0.25) is 4.79 Å². The molecule has 1 aliphatic heterocycles. The Hall–Kier alpha value is -2.12. The number of nitrogens with zero attached hydrogens (tertiary/aromatic N) is 2. The van der Waals surface area contributed by atoms with Crippen molar-refractivity contribution in [1.29, 1.82) is 0 Å². The van der Waals surface area contributed by atoms with Crippen molar-refractivity contribution in [1.82, 2.24) is 9.88 Å². The maximum absolute atomic E-state index is 13.3. The average Bonchev–Trinajstić information content (AvgIpc) is 2.74. The average molecular weight is 446 g/mol. The third kappa shape index (κ3) is 3.58. The fourth-order valence-corrected chi connectivity index (χ4v) is 6.52. The molecule has 0 spiro atoms. The van der Waals surface area contributed by atoms with Gasteiger partial charge in [0.15, 0.2) is 9.84 Å². The van der Waals surface area contributed by atoms with Gasteiger partial charge in [-0.05, 0) is 61.3 Å². The first-order valence-electron chi connectivity index (χ1n) is 10.5. The van der Waals surface area contributed by atoms with E-state index in [1.807, 2.05) is 24.3 Å². The molecule has 6 nitrogen and oxygen atoms in total. The highest BCUT2D eigenvalue weighted by Gasteiger charge is 2.39. The highest BCUT2D eigenvalue weighted by atomic mass is 35.5. The summed E-state index contributed by atoms with van der Waals surface area (Å²) in [6.07, 6.45) is 6.09. The van der Waals surface area contributed by atoms with Crippen LogP contribution in [0.1, 0.15) is 59.0 Å². The number of carbonyl (C=O) groups is 1. The molecule has 1 saturated heterocycles. The Labute approximate surface area is 181 Å². The van der Waals surface area contributed by atoms with E-state index >= 15 is 0 Å². The number of nitrogens with one attached hydrogen (secondary N) is 1. The van der Waals surface area contributed by atoms with Crippen LogP contribution in [-0.4, -0.2) is 48.8 Å². The molecule has 158 valence electrons. The standard InChI is InChI=1S/C22H24ClN3O3S/c23-16-2-1-3-17(12-16)25-21-20-15-6-4-14(5-7-15)19(20)18(13-24-21)22(27)26-8-10-30(28,29)11-9-26/h1-3,12-15H,4-11H2,(H,24,25). The zero-order valence-corrected chi connectivity index (χ0v) is 18.2. The zero-order valence-electron chi connectivity index (χ0n) is 16.6. The molecule has 8 heteroatoms. The van der Waals surface area contributed by atoms with Crippen molar-refractivity contribution < 1.29 is 13.2 Å². The largest absolute Gasteiger partial charge is 0.340 e. The number of carbonyl (C=O) groups excluding carboxylic acids is 1. The normalized spacial score (nSPS) is 24.4.